The van der Waals surface area contributed by atoms with Gasteiger partial charge in [0.05, 0.1) is 11.2 Å². The Labute approximate surface area is 183 Å². The van der Waals surface area contributed by atoms with E-state index in [0.717, 1.165) is 23.1 Å². The van der Waals surface area contributed by atoms with Crippen LogP contribution >= 0.6 is 0 Å². The van der Waals surface area contributed by atoms with Crippen LogP contribution in [0, 0.1) is 0 Å². The fourth-order valence-corrected chi connectivity index (χ4v) is 4.10. The number of H-pyrrole nitrogens is 1. The molecule has 5 nitrogen and oxygen atoms in total. The Morgan fingerprint density at radius 2 is 1.81 bits per heavy atom. The molecule has 3 aromatic rings. The summed E-state index contributed by atoms with van der Waals surface area (Å²) in [5.41, 5.74) is 0.0432. The van der Waals surface area contributed by atoms with Crippen LogP contribution in [-0.2, 0) is 21.3 Å². The van der Waals surface area contributed by atoms with Crippen LogP contribution in [0.1, 0.15) is 42.6 Å². The first kappa shape index (κ1) is 22.4. The minimum Gasteiger partial charge on any atom is -0.486 e. The maximum absolute atomic E-state index is 13.7. The smallest absolute Gasteiger partial charge is 0.416 e. The van der Waals surface area contributed by atoms with Crippen LogP contribution in [0.15, 0.2) is 53.3 Å². The predicted molar refractivity (Wildman–Crippen MR) is 114 cm³/mol. The normalized spacial score (nSPS) is 17.3. The molecule has 4 rings (SSSR count). The molecule has 1 saturated heterocycles. The Hall–Kier alpha value is -2.84. The maximum atomic E-state index is 13.7. The molecule has 1 aromatic heterocycles. The maximum Gasteiger partial charge on any atom is 0.416 e. The Bertz CT molecular complexity index is 1170. The molecule has 32 heavy (non-hydrogen) atoms. The fraction of sp³-hybridized carbons (Fsp3) is 0.375. The monoisotopic (exact) mass is 447 g/mol. The minimum atomic E-state index is -4.52. The van der Waals surface area contributed by atoms with E-state index in [1.54, 1.807) is 31.2 Å². The van der Waals surface area contributed by atoms with Gasteiger partial charge in [0.15, 0.2) is 0 Å². The third-order valence-electron chi connectivity index (χ3n) is 5.98. The predicted octanol–water partition coefficient (Wildman–Crippen LogP) is 5.34. The molecule has 0 saturated carbocycles. The van der Waals surface area contributed by atoms with Gasteiger partial charge in [0, 0.05) is 44.7 Å². The minimum absolute atomic E-state index is 0.117. The summed E-state index contributed by atoms with van der Waals surface area (Å²) in [4.78, 5) is 14.2. The van der Waals surface area contributed by atoms with Crippen LogP contribution in [0.2, 0.25) is 0 Å². The topological polar surface area (TPSA) is 60.5 Å². The number of rotatable bonds is 5. The summed E-state index contributed by atoms with van der Waals surface area (Å²) in [6.07, 6.45) is -4.12. The van der Waals surface area contributed by atoms with Crippen LogP contribution in [0.5, 0.6) is 5.75 Å². The lowest BCUT2D eigenvalue weighted by atomic mass is 9.85. The molecule has 8 heteroatoms. The molecule has 1 unspecified atom stereocenters. The van der Waals surface area contributed by atoms with Crippen LogP contribution in [-0.4, -0.2) is 25.3 Å². The van der Waals surface area contributed by atoms with Gasteiger partial charge in [0.25, 0.3) is 0 Å². The molecule has 2 heterocycles. The largest absolute Gasteiger partial charge is 0.486 e. The SMILES string of the molecule is COC1(c2cc(OC(C)c3ccc4[nH]c(=O)ccc4c3)cc(C(F)(F)F)c2)CCOCC1. The third-order valence-corrected chi connectivity index (χ3v) is 5.98. The van der Waals surface area contributed by atoms with Crippen LogP contribution < -0.4 is 10.3 Å². The van der Waals surface area contributed by atoms with Crippen molar-refractivity contribution in [3.63, 3.8) is 0 Å². The molecule has 0 bridgehead atoms. The van der Waals surface area contributed by atoms with Crippen molar-refractivity contribution >= 4 is 10.9 Å². The van der Waals surface area contributed by atoms with Crippen molar-refractivity contribution in [2.75, 3.05) is 20.3 Å². The van der Waals surface area contributed by atoms with Gasteiger partial charge in [-0.05, 0) is 59.8 Å². The van der Waals surface area contributed by atoms with Crippen molar-refractivity contribution in [2.45, 2.75) is 37.6 Å². The highest BCUT2D eigenvalue weighted by Gasteiger charge is 2.38. The molecule has 1 aliphatic heterocycles. The number of hydrogen-bond donors (Lipinski definition) is 1. The summed E-state index contributed by atoms with van der Waals surface area (Å²) in [5, 5.41) is 0.808. The van der Waals surface area contributed by atoms with Crippen molar-refractivity contribution in [3.05, 3.63) is 75.6 Å². The first-order valence-electron chi connectivity index (χ1n) is 10.4. The number of nitrogens with one attached hydrogen (secondary N) is 1. The molecule has 1 aliphatic rings. The van der Waals surface area contributed by atoms with E-state index in [9.17, 15) is 18.0 Å². The fourth-order valence-electron chi connectivity index (χ4n) is 4.10. The highest BCUT2D eigenvalue weighted by molar-refractivity contribution is 5.79. The van der Waals surface area contributed by atoms with Gasteiger partial charge in [-0.1, -0.05) is 6.07 Å². The van der Waals surface area contributed by atoms with E-state index < -0.39 is 23.4 Å². The number of benzene rings is 2. The van der Waals surface area contributed by atoms with Gasteiger partial charge in [0.1, 0.15) is 11.9 Å². The second-order valence-corrected chi connectivity index (χ2v) is 7.98. The van der Waals surface area contributed by atoms with E-state index in [1.807, 2.05) is 6.07 Å². The molecule has 1 atom stereocenters. The van der Waals surface area contributed by atoms with E-state index >= 15 is 0 Å². The second-order valence-electron chi connectivity index (χ2n) is 7.98. The van der Waals surface area contributed by atoms with Crippen molar-refractivity contribution in [1.82, 2.24) is 4.98 Å². The first-order valence-corrected chi connectivity index (χ1v) is 10.4. The van der Waals surface area contributed by atoms with Gasteiger partial charge in [-0.3, -0.25) is 4.79 Å². The van der Waals surface area contributed by atoms with E-state index in [4.69, 9.17) is 14.2 Å². The van der Waals surface area contributed by atoms with E-state index in [-0.39, 0.29) is 11.3 Å². The standard InChI is InChI=1S/C24H24F3NO4/c1-15(16-3-5-21-17(11-16)4-6-22(29)28-21)32-20-13-18(12-19(14-20)24(25,26)27)23(30-2)7-9-31-10-8-23/h3-6,11-15H,7-10H2,1-2H3,(H,28,29). The van der Waals surface area contributed by atoms with Crippen molar-refractivity contribution in [2.24, 2.45) is 0 Å². The van der Waals surface area contributed by atoms with Crippen molar-refractivity contribution in [1.29, 1.82) is 0 Å². The summed E-state index contributed by atoms with van der Waals surface area (Å²) in [7, 11) is 1.51. The number of hydrogen-bond acceptors (Lipinski definition) is 4. The molecule has 2 aromatic carbocycles. The number of fused-ring (bicyclic) bond motifs is 1. The molecular formula is C24H24F3NO4. The third kappa shape index (κ3) is 4.52. The van der Waals surface area contributed by atoms with Crippen molar-refractivity contribution in [3.8, 4) is 5.75 Å². The Morgan fingerprint density at radius 1 is 1.06 bits per heavy atom. The molecule has 1 N–H and O–H groups in total. The summed E-state index contributed by atoms with van der Waals surface area (Å²) in [5.74, 6) is 0.117. The van der Waals surface area contributed by atoms with E-state index in [1.165, 1.54) is 13.2 Å². The zero-order chi connectivity index (χ0) is 22.9. The average molecular weight is 447 g/mol. The lowest BCUT2D eigenvalue weighted by molar-refractivity contribution is -0.138. The number of methoxy groups -OCH3 is 1. The van der Waals surface area contributed by atoms with Crippen molar-refractivity contribution < 1.29 is 27.4 Å². The van der Waals surface area contributed by atoms with Crippen LogP contribution in [0.3, 0.4) is 0 Å². The quantitative estimate of drug-likeness (QED) is 0.574. The van der Waals surface area contributed by atoms with Gasteiger partial charge in [0.2, 0.25) is 5.56 Å². The second kappa shape index (κ2) is 8.60. The van der Waals surface area contributed by atoms with Gasteiger partial charge >= 0.3 is 6.18 Å². The highest BCUT2D eigenvalue weighted by atomic mass is 19.4. The number of aromatic amines is 1. The highest BCUT2D eigenvalue weighted by Crippen LogP contribution is 2.41. The molecule has 0 radical (unpaired) electrons. The molecular weight excluding hydrogens is 423 g/mol. The van der Waals surface area contributed by atoms with E-state index in [2.05, 4.69) is 4.98 Å². The van der Waals surface area contributed by atoms with E-state index in [0.29, 0.717) is 37.1 Å². The molecule has 0 aliphatic carbocycles. The summed E-state index contributed by atoms with van der Waals surface area (Å²) >= 11 is 0. The molecule has 0 amide bonds. The van der Waals surface area contributed by atoms with Crippen LogP contribution in [0.4, 0.5) is 13.2 Å². The number of aromatic nitrogens is 1. The Morgan fingerprint density at radius 3 is 2.50 bits per heavy atom. The first-order chi connectivity index (χ1) is 15.2. The molecule has 170 valence electrons. The average Bonchev–Trinajstić information content (AvgIpc) is 2.78. The summed E-state index contributed by atoms with van der Waals surface area (Å²) in [6.45, 7) is 2.60. The number of halogens is 3. The number of alkyl halides is 3. The van der Waals surface area contributed by atoms with Gasteiger partial charge in [-0.2, -0.15) is 13.2 Å². The Balaban J connectivity index is 1.69. The lowest BCUT2D eigenvalue weighted by Crippen LogP contribution is -2.35. The summed E-state index contributed by atoms with van der Waals surface area (Å²) < 4.78 is 58.0. The lowest BCUT2D eigenvalue weighted by Gasteiger charge is -2.37. The number of ether oxygens (including phenoxy) is 3. The molecule has 0 spiro atoms. The van der Waals surface area contributed by atoms with Gasteiger partial charge in [-0.15, -0.1) is 0 Å². The zero-order valence-electron chi connectivity index (χ0n) is 17.8. The number of pyridine rings is 1. The molecule has 1 fully saturated rings. The Kier molecular flexibility index (Phi) is 6.01. The van der Waals surface area contributed by atoms with Gasteiger partial charge < -0.3 is 19.2 Å². The zero-order valence-corrected chi connectivity index (χ0v) is 17.8. The van der Waals surface area contributed by atoms with Gasteiger partial charge in [-0.25, -0.2) is 0 Å². The van der Waals surface area contributed by atoms with Crippen LogP contribution in [0.25, 0.3) is 10.9 Å². The summed E-state index contributed by atoms with van der Waals surface area (Å²) in [6, 6.07) is 12.3.